The minimum atomic E-state index is -0.485. The summed E-state index contributed by atoms with van der Waals surface area (Å²) in [6, 6.07) is 0. The van der Waals surface area contributed by atoms with Crippen LogP contribution in [0, 0.1) is 0 Å². The Labute approximate surface area is 60.1 Å². The molecule has 0 aromatic heterocycles. The predicted molar refractivity (Wildman–Crippen MR) is 45.6 cm³/mol. The van der Waals surface area contributed by atoms with E-state index in [-0.39, 0.29) is 0 Å². The molecule has 0 aliphatic carbocycles. The van der Waals surface area contributed by atoms with E-state index in [0.29, 0.717) is 0 Å². The van der Waals surface area contributed by atoms with Gasteiger partial charge in [-0.15, -0.1) is 0 Å². The smallest absolute Gasteiger partial charge is 0.0230 e. The molecule has 0 fully saturated rings. The fourth-order valence-corrected chi connectivity index (χ4v) is 3.60. The molecule has 0 saturated heterocycles. The number of halogens is 1. The van der Waals surface area contributed by atoms with Gasteiger partial charge in [-0.3, -0.25) is 0 Å². The maximum absolute atomic E-state index is 3.41. The average molecular weight is 193 g/mol. The van der Waals surface area contributed by atoms with E-state index in [2.05, 4.69) is 45.3 Å². The van der Waals surface area contributed by atoms with Gasteiger partial charge in [0.1, 0.15) is 0 Å². The first-order valence-electron chi connectivity index (χ1n) is 2.39. The van der Waals surface area contributed by atoms with Gasteiger partial charge in [-0.05, 0) is 29.4 Å². The molecule has 0 radical (unpaired) electrons. The molecule has 1 aliphatic rings. The summed E-state index contributed by atoms with van der Waals surface area (Å²) < 4.78 is 1.23. The molecule has 0 amide bonds. The summed E-state index contributed by atoms with van der Waals surface area (Å²) in [7, 11) is -0.485. The van der Waals surface area contributed by atoms with Gasteiger partial charge in [-0.2, -0.15) is 0 Å². The van der Waals surface area contributed by atoms with Crippen molar-refractivity contribution in [2.75, 3.05) is 12.5 Å². The van der Waals surface area contributed by atoms with Crippen molar-refractivity contribution in [3.63, 3.8) is 0 Å². The Morgan fingerprint density at radius 1 is 1.50 bits per heavy atom. The van der Waals surface area contributed by atoms with Crippen LogP contribution in [0.2, 0.25) is 0 Å². The molecule has 0 N–H and O–H groups in total. The molecule has 0 aromatic rings. The van der Waals surface area contributed by atoms with Crippen molar-refractivity contribution in [2.24, 2.45) is 0 Å². The van der Waals surface area contributed by atoms with Crippen LogP contribution in [-0.2, 0) is 0 Å². The Kier molecular flexibility index (Phi) is 1.54. The molecule has 0 bridgehead atoms. The summed E-state index contributed by atoms with van der Waals surface area (Å²) in [6.45, 7) is 0. The fraction of sp³-hybridized carbons (Fsp3) is 0.333. The van der Waals surface area contributed by atoms with Crippen LogP contribution in [0.5, 0.6) is 0 Å². The highest BCUT2D eigenvalue weighted by atomic mass is 79.9. The predicted octanol–water partition coefficient (Wildman–Crippen LogP) is 2.81. The van der Waals surface area contributed by atoms with E-state index in [1.807, 2.05) is 0 Å². The van der Waals surface area contributed by atoms with Gasteiger partial charge in [0.05, 0.1) is 0 Å². The molecular weight excluding hydrogens is 184 g/mol. The Balaban J connectivity index is 2.84. The lowest BCUT2D eigenvalue weighted by molar-refractivity contribution is 2.09. The van der Waals surface area contributed by atoms with E-state index in [9.17, 15) is 0 Å². The third-order valence-corrected chi connectivity index (χ3v) is 3.49. The molecule has 1 heterocycles. The van der Waals surface area contributed by atoms with E-state index < -0.39 is 10.0 Å². The molecule has 0 nitrogen and oxygen atoms in total. The van der Waals surface area contributed by atoms with Crippen LogP contribution >= 0.6 is 26.0 Å². The lowest BCUT2D eigenvalue weighted by Crippen LogP contribution is -1.77. The standard InChI is InChI=1S/C6H9BrS/c1-8(2)4-3-6(7)5-8/h3-5H,1-2H3. The number of hydrogen-bond acceptors (Lipinski definition) is 0. The van der Waals surface area contributed by atoms with Gasteiger partial charge in [0.15, 0.2) is 0 Å². The molecule has 0 saturated carbocycles. The fourth-order valence-electron chi connectivity index (χ4n) is 0.609. The van der Waals surface area contributed by atoms with Crippen molar-refractivity contribution >= 4 is 26.0 Å². The third kappa shape index (κ3) is 1.39. The van der Waals surface area contributed by atoms with Gasteiger partial charge in [0, 0.05) is 4.48 Å². The number of rotatable bonds is 0. The monoisotopic (exact) mass is 192 g/mol. The van der Waals surface area contributed by atoms with Crippen molar-refractivity contribution in [3.05, 3.63) is 21.4 Å². The topological polar surface area (TPSA) is 0 Å². The van der Waals surface area contributed by atoms with Gasteiger partial charge in [-0.1, -0.05) is 15.9 Å². The SMILES string of the molecule is CS1(C)C=CC(Br)=C1. The second kappa shape index (κ2) is 1.92. The van der Waals surface area contributed by atoms with Gasteiger partial charge >= 0.3 is 0 Å². The Morgan fingerprint density at radius 3 is 2.25 bits per heavy atom. The molecule has 0 atom stereocenters. The Hall–Kier alpha value is 0.310. The van der Waals surface area contributed by atoms with Gasteiger partial charge in [0.25, 0.3) is 0 Å². The van der Waals surface area contributed by atoms with E-state index in [1.165, 1.54) is 4.48 Å². The molecular formula is C6H9BrS. The van der Waals surface area contributed by atoms with Crippen LogP contribution < -0.4 is 0 Å². The van der Waals surface area contributed by atoms with E-state index in [4.69, 9.17) is 0 Å². The summed E-state index contributed by atoms with van der Waals surface area (Å²) >= 11 is 3.41. The maximum atomic E-state index is 3.41. The first kappa shape index (κ1) is 6.43. The number of allylic oxidation sites excluding steroid dienone is 2. The van der Waals surface area contributed by atoms with Crippen LogP contribution in [0.25, 0.3) is 0 Å². The number of hydrogen-bond donors (Lipinski definition) is 0. The van der Waals surface area contributed by atoms with E-state index in [1.54, 1.807) is 0 Å². The first-order chi connectivity index (χ1) is 3.60. The second-order valence-electron chi connectivity index (χ2n) is 2.29. The first-order valence-corrected chi connectivity index (χ1v) is 5.76. The molecule has 0 unspecified atom stereocenters. The van der Waals surface area contributed by atoms with Crippen LogP contribution in [0.3, 0.4) is 0 Å². The summed E-state index contributed by atoms with van der Waals surface area (Å²) in [5.41, 5.74) is 0. The summed E-state index contributed by atoms with van der Waals surface area (Å²) in [5, 5.41) is 4.53. The quantitative estimate of drug-likeness (QED) is 0.554. The lowest BCUT2D eigenvalue weighted by atomic mass is 10.6. The van der Waals surface area contributed by atoms with Gasteiger partial charge < -0.3 is 0 Å². The van der Waals surface area contributed by atoms with E-state index in [0.717, 1.165) is 0 Å². The molecule has 8 heavy (non-hydrogen) atoms. The van der Waals surface area contributed by atoms with Crippen LogP contribution in [0.1, 0.15) is 0 Å². The summed E-state index contributed by atoms with van der Waals surface area (Å²) in [4.78, 5) is 0. The zero-order chi connectivity index (χ0) is 6.20. The zero-order valence-electron chi connectivity index (χ0n) is 5.02. The normalized spacial score (nSPS) is 27.6. The molecule has 1 aliphatic heterocycles. The van der Waals surface area contributed by atoms with Crippen molar-refractivity contribution in [3.8, 4) is 0 Å². The molecule has 2 heteroatoms. The van der Waals surface area contributed by atoms with Crippen LogP contribution in [0.15, 0.2) is 21.4 Å². The largest absolute Gasteiger partial charge is 0.206 e. The third-order valence-electron chi connectivity index (χ3n) is 0.994. The Bertz CT molecular complexity index is 156. The van der Waals surface area contributed by atoms with Crippen LogP contribution in [0.4, 0.5) is 0 Å². The summed E-state index contributed by atoms with van der Waals surface area (Å²) in [6.07, 6.45) is 6.64. The lowest BCUT2D eigenvalue weighted by Gasteiger charge is -2.16. The van der Waals surface area contributed by atoms with Gasteiger partial charge in [-0.25, -0.2) is 10.0 Å². The maximum Gasteiger partial charge on any atom is 0.0230 e. The minimum absolute atomic E-state index is 0.485. The highest BCUT2D eigenvalue weighted by molar-refractivity contribution is 9.12. The Morgan fingerprint density at radius 2 is 2.12 bits per heavy atom. The highest BCUT2D eigenvalue weighted by Crippen LogP contribution is 2.49. The van der Waals surface area contributed by atoms with Gasteiger partial charge in [0.2, 0.25) is 0 Å². The minimum Gasteiger partial charge on any atom is -0.206 e. The van der Waals surface area contributed by atoms with Crippen molar-refractivity contribution in [1.29, 1.82) is 0 Å². The molecule has 0 aromatic carbocycles. The highest BCUT2D eigenvalue weighted by Gasteiger charge is 2.08. The molecule has 46 valence electrons. The van der Waals surface area contributed by atoms with Crippen molar-refractivity contribution in [1.82, 2.24) is 0 Å². The molecule has 1 rings (SSSR count). The average Bonchev–Trinajstić information content (AvgIpc) is 1.82. The van der Waals surface area contributed by atoms with Crippen molar-refractivity contribution in [2.45, 2.75) is 0 Å². The van der Waals surface area contributed by atoms with Crippen molar-refractivity contribution < 1.29 is 0 Å². The van der Waals surface area contributed by atoms with Crippen LogP contribution in [-0.4, -0.2) is 12.5 Å². The summed E-state index contributed by atoms with van der Waals surface area (Å²) in [5.74, 6) is 0. The second-order valence-corrected chi connectivity index (χ2v) is 6.69. The molecule has 0 spiro atoms. The zero-order valence-corrected chi connectivity index (χ0v) is 7.42. The van der Waals surface area contributed by atoms with E-state index >= 15 is 0 Å².